The predicted molar refractivity (Wildman–Crippen MR) is 80.5 cm³/mol. The number of fused-ring (bicyclic) bond motifs is 1. The molecule has 1 aromatic carbocycles. The summed E-state index contributed by atoms with van der Waals surface area (Å²) in [7, 11) is 0. The third-order valence-corrected chi connectivity index (χ3v) is 4.38. The molecular formula is C15H15N3OS. The van der Waals surface area contributed by atoms with Crippen molar-refractivity contribution in [3.63, 3.8) is 0 Å². The molecule has 3 aromatic rings. The zero-order chi connectivity index (χ0) is 14.3. The lowest BCUT2D eigenvalue weighted by Gasteiger charge is -2.04. The van der Waals surface area contributed by atoms with Gasteiger partial charge in [-0.1, -0.05) is 42.0 Å². The van der Waals surface area contributed by atoms with Crippen molar-refractivity contribution in [3.05, 3.63) is 40.0 Å². The maximum atomic E-state index is 11.5. The molecule has 3 rings (SSSR count). The topological polar surface area (TPSA) is 47.3 Å². The molecule has 0 N–H and O–H groups in total. The maximum Gasteiger partial charge on any atom is 0.213 e. The number of aldehydes is 1. The van der Waals surface area contributed by atoms with Crippen molar-refractivity contribution in [2.75, 3.05) is 0 Å². The first-order chi connectivity index (χ1) is 9.63. The molecule has 2 heterocycles. The van der Waals surface area contributed by atoms with Crippen molar-refractivity contribution in [1.82, 2.24) is 14.6 Å². The van der Waals surface area contributed by atoms with Gasteiger partial charge in [0.1, 0.15) is 16.4 Å². The lowest BCUT2D eigenvalue weighted by molar-refractivity contribution is 0.111. The Balaban J connectivity index is 2.25. The average molecular weight is 285 g/mol. The van der Waals surface area contributed by atoms with Crippen LogP contribution in [0.4, 0.5) is 0 Å². The van der Waals surface area contributed by atoms with Crippen LogP contribution in [-0.4, -0.2) is 20.9 Å². The quantitative estimate of drug-likeness (QED) is 0.692. The number of imidazole rings is 1. The SMILES string of the molecule is CCc1nn2c(C=O)c(-c3ccc(C)cc3C)nc2s1. The molecule has 0 unspecified atom stereocenters. The Kier molecular flexibility index (Phi) is 3.14. The van der Waals surface area contributed by atoms with E-state index in [9.17, 15) is 4.79 Å². The Morgan fingerprint density at radius 2 is 2.15 bits per heavy atom. The zero-order valence-corrected chi connectivity index (χ0v) is 12.5. The van der Waals surface area contributed by atoms with E-state index in [4.69, 9.17) is 0 Å². The number of aromatic nitrogens is 3. The summed E-state index contributed by atoms with van der Waals surface area (Å²) in [5, 5.41) is 5.43. The molecule has 0 amide bonds. The van der Waals surface area contributed by atoms with Gasteiger partial charge in [0.25, 0.3) is 0 Å². The third-order valence-electron chi connectivity index (χ3n) is 3.33. The monoisotopic (exact) mass is 285 g/mol. The highest BCUT2D eigenvalue weighted by Gasteiger charge is 2.18. The Morgan fingerprint density at radius 1 is 1.35 bits per heavy atom. The number of rotatable bonds is 3. The highest BCUT2D eigenvalue weighted by Crippen LogP contribution is 2.28. The van der Waals surface area contributed by atoms with E-state index in [1.165, 1.54) is 16.9 Å². The molecule has 0 radical (unpaired) electrons. The van der Waals surface area contributed by atoms with Crippen molar-refractivity contribution >= 4 is 22.6 Å². The first-order valence-corrected chi connectivity index (χ1v) is 7.37. The fourth-order valence-corrected chi connectivity index (χ4v) is 3.17. The Bertz CT molecular complexity index is 801. The van der Waals surface area contributed by atoms with E-state index >= 15 is 0 Å². The molecule has 0 aliphatic carbocycles. The van der Waals surface area contributed by atoms with Crippen LogP contribution in [0.25, 0.3) is 16.2 Å². The summed E-state index contributed by atoms with van der Waals surface area (Å²) < 4.78 is 1.66. The molecule has 0 bridgehead atoms. The number of benzene rings is 1. The largest absolute Gasteiger partial charge is 0.296 e. The fraction of sp³-hybridized carbons (Fsp3) is 0.267. The van der Waals surface area contributed by atoms with Gasteiger partial charge in [0.2, 0.25) is 4.96 Å². The van der Waals surface area contributed by atoms with Crippen LogP contribution in [0.2, 0.25) is 0 Å². The van der Waals surface area contributed by atoms with Crippen LogP contribution in [0.3, 0.4) is 0 Å². The predicted octanol–water partition coefficient (Wildman–Crippen LogP) is 3.45. The fourth-order valence-electron chi connectivity index (χ4n) is 2.33. The number of carbonyl (C=O) groups is 1. The summed E-state index contributed by atoms with van der Waals surface area (Å²) in [6, 6.07) is 6.16. The first kappa shape index (κ1) is 13.0. The third kappa shape index (κ3) is 1.94. The number of nitrogens with zero attached hydrogens (tertiary/aromatic N) is 3. The van der Waals surface area contributed by atoms with Crippen molar-refractivity contribution in [3.8, 4) is 11.3 Å². The molecule has 102 valence electrons. The minimum absolute atomic E-state index is 0.530. The van der Waals surface area contributed by atoms with Crippen LogP contribution in [0.5, 0.6) is 0 Å². The van der Waals surface area contributed by atoms with E-state index in [-0.39, 0.29) is 0 Å². The van der Waals surface area contributed by atoms with Gasteiger partial charge in [0.15, 0.2) is 6.29 Å². The van der Waals surface area contributed by atoms with Gasteiger partial charge in [-0.3, -0.25) is 4.79 Å². The summed E-state index contributed by atoms with van der Waals surface area (Å²) in [6.45, 7) is 6.14. The van der Waals surface area contributed by atoms with Crippen LogP contribution >= 0.6 is 11.3 Å². The van der Waals surface area contributed by atoms with Crippen molar-refractivity contribution in [2.24, 2.45) is 0 Å². The van der Waals surface area contributed by atoms with Gasteiger partial charge in [-0.25, -0.2) is 4.98 Å². The standard InChI is InChI=1S/C15H15N3OS/c1-4-13-17-18-12(8-19)14(16-15(18)20-13)11-6-5-9(2)7-10(11)3/h5-8H,4H2,1-3H3. The summed E-state index contributed by atoms with van der Waals surface area (Å²) >= 11 is 1.53. The number of aryl methyl sites for hydroxylation is 3. The summed E-state index contributed by atoms with van der Waals surface area (Å²) in [6.07, 6.45) is 1.69. The lowest BCUT2D eigenvalue weighted by atomic mass is 10.0. The van der Waals surface area contributed by atoms with E-state index < -0.39 is 0 Å². The van der Waals surface area contributed by atoms with Crippen molar-refractivity contribution < 1.29 is 4.79 Å². The van der Waals surface area contributed by atoms with Crippen LogP contribution in [0.15, 0.2) is 18.2 Å². The molecule has 0 saturated carbocycles. The molecular weight excluding hydrogens is 270 g/mol. The van der Waals surface area contributed by atoms with Crippen molar-refractivity contribution in [2.45, 2.75) is 27.2 Å². The Morgan fingerprint density at radius 3 is 2.80 bits per heavy atom. The van der Waals surface area contributed by atoms with Gasteiger partial charge in [-0.05, 0) is 25.8 Å². The molecule has 0 aliphatic rings. The normalized spacial score (nSPS) is 11.2. The molecule has 0 saturated heterocycles. The number of carbonyl (C=O) groups excluding carboxylic acids is 1. The van der Waals surface area contributed by atoms with E-state index in [0.717, 1.165) is 39.5 Å². The zero-order valence-electron chi connectivity index (χ0n) is 11.7. The van der Waals surface area contributed by atoms with Crippen molar-refractivity contribution in [1.29, 1.82) is 0 Å². The summed E-state index contributed by atoms with van der Waals surface area (Å²) in [4.78, 5) is 16.8. The molecule has 0 aliphatic heterocycles. The molecule has 0 fully saturated rings. The smallest absolute Gasteiger partial charge is 0.213 e. The summed E-state index contributed by atoms with van der Waals surface area (Å²) in [5.41, 5.74) is 4.57. The Hall–Kier alpha value is -2.01. The van der Waals surface area contributed by atoms with Crippen LogP contribution in [0.1, 0.15) is 33.5 Å². The highest BCUT2D eigenvalue weighted by molar-refractivity contribution is 7.16. The van der Waals surface area contributed by atoms with Gasteiger partial charge < -0.3 is 0 Å². The molecule has 2 aromatic heterocycles. The van der Waals surface area contributed by atoms with E-state index in [0.29, 0.717) is 5.69 Å². The molecule has 4 nitrogen and oxygen atoms in total. The highest BCUT2D eigenvalue weighted by atomic mass is 32.1. The second-order valence-corrected chi connectivity index (χ2v) is 5.87. The molecule has 0 atom stereocenters. The minimum Gasteiger partial charge on any atom is -0.296 e. The average Bonchev–Trinajstić information content (AvgIpc) is 2.95. The summed E-state index contributed by atoms with van der Waals surface area (Å²) in [5.74, 6) is 0. The van der Waals surface area contributed by atoms with Crippen LogP contribution in [0, 0.1) is 13.8 Å². The van der Waals surface area contributed by atoms with Gasteiger partial charge in [-0.2, -0.15) is 9.61 Å². The van der Waals surface area contributed by atoms with Gasteiger partial charge in [0, 0.05) is 5.56 Å². The second kappa shape index (κ2) is 4.83. The molecule has 0 spiro atoms. The minimum atomic E-state index is 0.530. The second-order valence-electron chi connectivity index (χ2n) is 4.83. The maximum absolute atomic E-state index is 11.5. The number of hydrogen-bond donors (Lipinski definition) is 0. The van der Waals surface area contributed by atoms with Crippen LogP contribution < -0.4 is 0 Å². The lowest BCUT2D eigenvalue weighted by Crippen LogP contribution is -1.96. The number of hydrogen-bond acceptors (Lipinski definition) is 4. The molecule has 20 heavy (non-hydrogen) atoms. The first-order valence-electron chi connectivity index (χ1n) is 6.55. The van der Waals surface area contributed by atoms with Gasteiger partial charge >= 0.3 is 0 Å². The Labute approximate surface area is 121 Å². The molecule has 5 heteroatoms. The van der Waals surface area contributed by atoms with Gasteiger partial charge in [-0.15, -0.1) is 0 Å². The van der Waals surface area contributed by atoms with E-state index in [2.05, 4.69) is 23.1 Å². The van der Waals surface area contributed by atoms with Crippen LogP contribution in [-0.2, 0) is 6.42 Å². The van der Waals surface area contributed by atoms with Gasteiger partial charge in [0.05, 0.1) is 0 Å². The van der Waals surface area contributed by atoms with E-state index in [1.54, 1.807) is 4.52 Å². The van der Waals surface area contributed by atoms with E-state index in [1.807, 2.05) is 26.0 Å².